The van der Waals surface area contributed by atoms with Gasteiger partial charge in [0.15, 0.2) is 0 Å². The van der Waals surface area contributed by atoms with Crippen molar-refractivity contribution in [3.05, 3.63) is 59.0 Å². The third-order valence-corrected chi connectivity index (χ3v) is 2.60. The van der Waals surface area contributed by atoms with Gasteiger partial charge in [-0.15, -0.1) is 0 Å². The second-order valence-corrected chi connectivity index (χ2v) is 4.13. The van der Waals surface area contributed by atoms with Crippen LogP contribution in [-0.2, 0) is 11.8 Å². The number of carbonyl (C=O) groups is 1. The number of aromatic nitrogens is 1. The van der Waals surface area contributed by atoms with E-state index in [2.05, 4.69) is 10.6 Å². The molecule has 0 aliphatic carbocycles. The number of aryl methyl sites for hydroxylation is 1. The predicted molar refractivity (Wildman–Crippen MR) is 75.2 cm³/mol. The summed E-state index contributed by atoms with van der Waals surface area (Å²) >= 11 is 0. The fraction of sp³-hybridized carbons (Fsp3) is 0.143. The number of anilines is 2. The van der Waals surface area contributed by atoms with Gasteiger partial charge in [-0.2, -0.15) is 0 Å². The largest absolute Gasteiger partial charge is 0.376 e. The van der Waals surface area contributed by atoms with Crippen molar-refractivity contribution in [1.29, 1.82) is 0 Å². The highest BCUT2D eigenvalue weighted by Gasteiger charge is 2.02. The van der Waals surface area contributed by atoms with Crippen LogP contribution in [0.25, 0.3) is 0 Å². The summed E-state index contributed by atoms with van der Waals surface area (Å²) in [5.41, 5.74) is 1.38. The van der Waals surface area contributed by atoms with Crippen LogP contribution in [0.3, 0.4) is 0 Å². The Morgan fingerprint density at radius 1 is 1.11 bits per heavy atom. The molecule has 0 aliphatic rings. The molecule has 0 radical (unpaired) electrons. The molecular formula is C14H15N3O2. The van der Waals surface area contributed by atoms with Crippen LogP contribution in [0, 0.1) is 0 Å². The van der Waals surface area contributed by atoms with Gasteiger partial charge in [0.1, 0.15) is 0 Å². The SMILES string of the molecule is Cn1cc(NC(=O)CNc2ccccc2)ccc1=O. The molecule has 1 amide bonds. The summed E-state index contributed by atoms with van der Waals surface area (Å²) in [6.45, 7) is 0.173. The van der Waals surface area contributed by atoms with E-state index in [1.165, 1.54) is 10.6 Å². The maximum atomic E-state index is 11.7. The lowest BCUT2D eigenvalue weighted by molar-refractivity contribution is -0.114. The summed E-state index contributed by atoms with van der Waals surface area (Å²) in [6, 6.07) is 12.5. The standard InChI is InChI=1S/C14H15N3O2/c1-17-10-12(7-8-14(17)19)16-13(18)9-15-11-5-3-2-4-6-11/h2-8,10,15H,9H2,1H3,(H,16,18). The molecule has 1 heterocycles. The van der Waals surface area contributed by atoms with Gasteiger partial charge < -0.3 is 15.2 Å². The van der Waals surface area contributed by atoms with Crippen molar-refractivity contribution >= 4 is 17.3 Å². The number of rotatable bonds is 4. The Morgan fingerprint density at radius 2 is 1.84 bits per heavy atom. The molecule has 0 spiro atoms. The molecule has 0 fully saturated rings. The van der Waals surface area contributed by atoms with Gasteiger partial charge in [0.2, 0.25) is 11.5 Å². The van der Waals surface area contributed by atoms with E-state index in [0.29, 0.717) is 5.69 Å². The third kappa shape index (κ3) is 3.70. The molecule has 0 saturated carbocycles. The highest BCUT2D eigenvalue weighted by Crippen LogP contribution is 2.05. The number of nitrogens with one attached hydrogen (secondary N) is 2. The molecular weight excluding hydrogens is 242 g/mol. The van der Waals surface area contributed by atoms with E-state index < -0.39 is 0 Å². The molecule has 98 valence electrons. The van der Waals surface area contributed by atoms with Gasteiger partial charge in [-0.05, 0) is 18.2 Å². The van der Waals surface area contributed by atoms with E-state index in [1.807, 2.05) is 30.3 Å². The predicted octanol–water partition coefficient (Wildman–Crippen LogP) is 1.44. The Morgan fingerprint density at radius 3 is 2.53 bits per heavy atom. The Kier molecular flexibility index (Phi) is 3.97. The van der Waals surface area contributed by atoms with Crippen LogP contribution in [0.2, 0.25) is 0 Å². The number of hydrogen-bond acceptors (Lipinski definition) is 3. The van der Waals surface area contributed by atoms with Gasteiger partial charge in [0.05, 0.1) is 12.2 Å². The summed E-state index contributed by atoms with van der Waals surface area (Å²) in [5.74, 6) is -0.164. The number of amides is 1. The first kappa shape index (κ1) is 12.9. The Labute approximate surface area is 110 Å². The summed E-state index contributed by atoms with van der Waals surface area (Å²) in [4.78, 5) is 22.9. The van der Waals surface area contributed by atoms with Crippen LogP contribution in [0.1, 0.15) is 0 Å². The van der Waals surface area contributed by atoms with Gasteiger partial charge in [-0.3, -0.25) is 9.59 Å². The summed E-state index contributed by atoms with van der Waals surface area (Å²) in [7, 11) is 1.64. The zero-order valence-electron chi connectivity index (χ0n) is 10.6. The summed E-state index contributed by atoms with van der Waals surface area (Å²) in [5, 5.41) is 5.73. The molecule has 5 nitrogen and oxygen atoms in total. The molecule has 2 N–H and O–H groups in total. The maximum absolute atomic E-state index is 11.7. The quantitative estimate of drug-likeness (QED) is 0.871. The average molecular weight is 257 g/mol. The average Bonchev–Trinajstić information content (AvgIpc) is 2.42. The number of pyridine rings is 1. The molecule has 0 unspecified atom stereocenters. The van der Waals surface area contributed by atoms with Crippen molar-refractivity contribution in [2.75, 3.05) is 17.2 Å². The lowest BCUT2D eigenvalue weighted by Crippen LogP contribution is -2.23. The Bertz CT molecular complexity index is 620. The molecule has 1 aromatic carbocycles. The van der Waals surface area contributed by atoms with Crippen LogP contribution >= 0.6 is 0 Å². The van der Waals surface area contributed by atoms with Crippen LogP contribution in [0.15, 0.2) is 53.5 Å². The number of benzene rings is 1. The van der Waals surface area contributed by atoms with Gasteiger partial charge in [0.25, 0.3) is 0 Å². The number of nitrogens with zero attached hydrogens (tertiary/aromatic N) is 1. The molecule has 0 saturated heterocycles. The van der Waals surface area contributed by atoms with Crippen molar-refractivity contribution in [3.63, 3.8) is 0 Å². The van der Waals surface area contributed by atoms with Gasteiger partial charge in [0, 0.05) is 25.0 Å². The fourth-order valence-corrected chi connectivity index (χ4v) is 1.61. The number of para-hydroxylation sites is 1. The van der Waals surface area contributed by atoms with E-state index in [0.717, 1.165) is 5.69 Å². The highest BCUT2D eigenvalue weighted by atomic mass is 16.2. The number of hydrogen-bond donors (Lipinski definition) is 2. The van der Waals surface area contributed by atoms with Crippen molar-refractivity contribution in [1.82, 2.24) is 4.57 Å². The Hall–Kier alpha value is -2.56. The minimum atomic E-state index is -0.164. The first-order valence-corrected chi connectivity index (χ1v) is 5.90. The van der Waals surface area contributed by atoms with E-state index in [-0.39, 0.29) is 18.0 Å². The van der Waals surface area contributed by atoms with Crippen LogP contribution in [0.4, 0.5) is 11.4 Å². The zero-order valence-corrected chi connectivity index (χ0v) is 10.6. The molecule has 5 heteroatoms. The maximum Gasteiger partial charge on any atom is 0.250 e. The van der Waals surface area contributed by atoms with Crippen LogP contribution in [-0.4, -0.2) is 17.0 Å². The lowest BCUT2D eigenvalue weighted by Gasteiger charge is -2.08. The molecule has 0 aliphatic heterocycles. The molecule has 0 bridgehead atoms. The van der Waals surface area contributed by atoms with E-state index in [4.69, 9.17) is 0 Å². The lowest BCUT2D eigenvalue weighted by atomic mass is 10.3. The molecule has 0 atom stereocenters. The van der Waals surface area contributed by atoms with Crippen molar-refractivity contribution in [2.24, 2.45) is 7.05 Å². The van der Waals surface area contributed by atoms with Gasteiger partial charge >= 0.3 is 0 Å². The van der Waals surface area contributed by atoms with Gasteiger partial charge in [-0.25, -0.2) is 0 Å². The van der Waals surface area contributed by atoms with Crippen LogP contribution < -0.4 is 16.2 Å². The smallest absolute Gasteiger partial charge is 0.250 e. The summed E-state index contributed by atoms with van der Waals surface area (Å²) < 4.78 is 1.42. The summed E-state index contributed by atoms with van der Waals surface area (Å²) in [6.07, 6.45) is 1.59. The monoisotopic (exact) mass is 257 g/mol. The second-order valence-electron chi connectivity index (χ2n) is 4.13. The highest BCUT2D eigenvalue weighted by molar-refractivity contribution is 5.93. The topological polar surface area (TPSA) is 63.1 Å². The van der Waals surface area contributed by atoms with Crippen molar-refractivity contribution in [3.8, 4) is 0 Å². The second kappa shape index (κ2) is 5.86. The zero-order chi connectivity index (χ0) is 13.7. The Balaban J connectivity index is 1.91. The molecule has 2 rings (SSSR count). The van der Waals surface area contributed by atoms with Gasteiger partial charge in [-0.1, -0.05) is 18.2 Å². The minimum absolute atomic E-state index is 0.111. The van der Waals surface area contributed by atoms with Crippen LogP contribution in [0.5, 0.6) is 0 Å². The first-order chi connectivity index (χ1) is 9.15. The molecule has 19 heavy (non-hydrogen) atoms. The molecule has 1 aromatic heterocycles. The van der Waals surface area contributed by atoms with Crippen molar-refractivity contribution in [2.45, 2.75) is 0 Å². The van der Waals surface area contributed by atoms with E-state index in [9.17, 15) is 9.59 Å². The van der Waals surface area contributed by atoms with E-state index in [1.54, 1.807) is 19.3 Å². The molecule has 2 aromatic rings. The van der Waals surface area contributed by atoms with Crippen molar-refractivity contribution < 1.29 is 4.79 Å². The third-order valence-electron chi connectivity index (χ3n) is 2.60. The minimum Gasteiger partial charge on any atom is -0.376 e. The normalized spacial score (nSPS) is 9.95. The number of carbonyl (C=O) groups excluding carboxylic acids is 1. The van der Waals surface area contributed by atoms with E-state index >= 15 is 0 Å². The first-order valence-electron chi connectivity index (χ1n) is 5.90. The fourth-order valence-electron chi connectivity index (χ4n) is 1.61.